The van der Waals surface area contributed by atoms with Crippen molar-refractivity contribution in [1.29, 1.82) is 0 Å². The van der Waals surface area contributed by atoms with E-state index in [9.17, 15) is 4.79 Å². The van der Waals surface area contributed by atoms with E-state index in [1.807, 2.05) is 37.1 Å². The lowest BCUT2D eigenvalue weighted by Gasteiger charge is -2.20. The molecule has 0 aliphatic carbocycles. The lowest BCUT2D eigenvalue weighted by Crippen LogP contribution is -2.28. The van der Waals surface area contributed by atoms with Gasteiger partial charge in [-0.2, -0.15) is 0 Å². The molecule has 130 valence electrons. The van der Waals surface area contributed by atoms with E-state index in [-0.39, 0.29) is 5.92 Å². The van der Waals surface area contributed by atoms with Crippen LogP contribution in [-0.4, -0.2) is 42.8 Å². The van der Waals surface area contributed by atoms with Gasteiger partial charge in [0.15, 0.2) is 11.5 Å². The summed E-state index contributed by atoms with van der Waals surface area (Å²) in [6, 6.07) is 5.90. The Morgan fingerprint density at radius 3 is 2.48 bits per heavy atom. The first-order valence-electron chi connectivity index (χ1n) is 8.13. The van der Waals surface area contributed by atoms with Gasteiger partial charge in [-0.05, 0) is 37.6 Å². The molecule has 1 rings (SSSR count). The molecule has 1 atom stereocenters. The summed E-state index contributed by atoms with van der Waals surface area (Å²) in [5, 5.41) is 8.99. The Hall–Kier alpha value is -1.75. The van der Waals surface area contributed by atoms with Crippen LogP contribution in [0.4, 0.5) is 0 Å². The Morgan fingerprint density at radius 2 is 1.91 bits per heavy atom. The van der Waals surface area contributed by atoms with E-state index in [2.05, 4.69) is 13.8 Å². The van der Waals surface area contributed by atoms with Crippen LogP contribution in [-0.2, 0) is 11.3 Å². The van der Waals surface area contributed by atoms with Gasteiger partial charge in [-0.3, -0.25) is 4.79 Å². The third-order valence-electron chi connectivity index (χ3n) is 3.34. The van der Waals surface area contributed by atoms with E-state index in [1.165, 1.54) is 0 Å². The zero-order valence-corrected chi connectivity index (χ0v) is 14.8. The number of benzene rings is 1. The zero-order chi connectivity index (χ0) is 17.4. The molecule has 0 saturated carbocycles. The van der Waals surface area contributed by atoms with Gasteiger partial charge in [0.1, 0.15) is 0 Å². The SMILES string of the molecule is CCOc1cc(CN(C)CC(C)C(=O)O)ccc1OCC(C)C. The molecule has 0 aliphatic heterocycles. The maximum atomic E-state index is 10.9. The maximum absolute atomic E-state index is 10.9. The third-order valence-corrected chi connectivity index (χ3v) is 3.34. The molecule has 0 spiro atoms. The zero-order valence-electron chi connectivity index (χ0n) is 14.8. The summed E-state index contributed by atoms with van der Waals surface area (Å²) in [5.41, 5.74) is 1.07. The first kappa shape index (κ1) is 19.3. The molecule has 0 radical (unpaired) electrons. The standard InChI is InChI=1S/C18H29NO4/c1-6-22-17-9-15(7-8-16(17)23-12-13(2)3)11-19(5)10-14(4)18(20)21/h7-9,13-14H,6,10-12H2,1-5H3,(H,20,21). The summed E-state index contributed by atoms with van der Waals surface area (Å²) in [6.07, 6.45) is 0. The van der Waals surface area contributed by atoms with Crippen molar-refractivity contribution in [2.45, 2.75) is 34.2 Å². The van der Waals surface area contributed by atoms with Crippen LogP contribution >= 0.6 is 0 Å². The minimum absolute atomic E-state index is 0.389. The monoisotopic (exact) mass is 323 g/mol. The van der Waals surface area contributed by atoms with Crippen LogP contribution in [0, 0.1) is 11.8 Å². The highest BCUT2D eigenvalue weighted by Crippen LogP contribution is 2.29. The highest BCUT2D eigenvalue weighted by Gasteiger charge is 2.14. The van der Waals surface area contributed by atoms with Crippen LogP contribution in [0.3, 0.4) is 0 Å². The van der Waals surface area contributed by atoms with Crippen LogP contribution in [0.2, 0.25) is 0 Å². The Labute approximate surface area is 139 Å². The van der Waals surface area contributed by atoms with Crippen LogP contribution in [0.25, 0.3) is 0 Å². The second-order valence-corrected chi connectivity index (χ2v) is 6.35. The van der Waals surface area contributed by atoms with Crippen LogP contribution < -0.4 is 9.47 Å². The van der Waals surface area contributed by atoms with Crippen molar-refractivity contribution in [3.8, 4) is 11.5 Å². The predicted octanol–water partition coefficient (Wildman–Crippen LogP) is 3.27. The fraction of sp³-hybridized carbons (Fsp3) is 0.611. The molecule has 1 N–H and O–H groups in total. The van der Waals surface area contributed by atoms with Crippen molar-refractivity contribution in [3.63, 3.8) is 0 Å². The van der Waals surface area contributed by atoms with Gasteiger partial charge in [0, 0.05) is 13.1 Å². The average molecular weight is 323 g/mol. The molecule has 1 unspecified atom stereocenters. The summed E-state index contributed by atoms with van der Waals surface area (Å²) in [4.78, 5) is 12.9. The average Bonchev–Trinajstić information content (AvgIpc) is 2.46. The summed E-state index contributed by atoms with van der Waals surface area (Å²) < 4.78 is 11.5. The minimum atomic E-state index is -0.774. The number of hydrogen-bond acceptors (Lipinski definition) is 4. The molecular weight excluding hydrogens is 294 g/mol. The van der Waals surface area contributed by atoms with Crippen molar-refractivity contribution in [3.05, 3.63) is 23.8 Å². The highest BCUT2D eigenvalue weighted by molar-refractivity contribution is 5.69. The number of nitrogens with zero attached hydrogens (tertiary/aromatic N) is 1. The molecule has 0 saturated heterocycles. The number of aliphatic carboxylic acids is 1. The van der Waals surface area contributed by atoms with Gasteiger partial charge in [-0.15, -0.1) is 0 Å². The first-order chi connectivity index (χ1) is 10.8. The summed E-state index contributed by atoms with van der Waals surface area (Å²) >= 11 is 0. The number of carboxylic acid groups (broad SMARTS) is 1. The molecule has 1 aromatic rings. The van der Waals surface area contributed by atoms with Gasteiger partial charge < -0.3 is 19.5 Å². The van der Waals surface area contributed by atoms with Gasteiger partial charge in [0.25, 0.3) is 0 Å². The van der Waals surface area contributed by atoms with Crippen LogP contribution in [0.15, 0.2) is 18.2 Å². The van der Waals surface area contributed by atoms with Gasteiger partial charge in [-0.25, -0.2) is 0 Å². The van der Waals surface area contributed by atoms with Crippen molar-refractivity contribution < 1.29 is 19.4 Å². The molecule has 23 heavy (non-hydrogen) atoms. The molecule has 0 heterocycles. The smallest absolute Gasteiger partial charge is 0.307 e. The van der Waals surface area contributed by atoms with Crippen molar-refractivity contribution >= 4 is 5.97 Å². The normalized spacial score (nSPS) is 12.5. The van der Waals surface area contributed by atoms with Crippen molar-refractivity contribution in [2.24, 2.45) is 11.8 Å². The molecule has 0 aromatic heterocycles. The summed E-state index contributed by atoms with van der Waals surface area (Å²) in [5.74, 6) is 0.785. The lowest BCUT2D eigenvalue weighted by molar-refractivity contribution is -0.141. The fourth-order valence-corrected chi connectivity index (χ4v) is 2.22. The lowest BCUT2D eigenvalue weighted by atomic mass is 10.1. The molecule has 0 aliphatic rings. The second kappa shape index (κ2) is 9.40. The van der Waals surface area contributed by atoms with Gasteiger partial charge in [0.2, 0.25) is 0 Å². The predicted molar refractivity (Wildman–Crippen MR) is 91.1 cm³/mol. The number of rotatable bonds is 10. The van der Waals surface area contributed by atoms with Gasteiger partial charge in [0.05, 0.1) is 19.1 Å². The number of ether oxygens (including phenoxy) is 2. The van der Waals surface area contributed by atoms with Gasteiger partial charge in [-0.1, -0.05) is 26.8 Å². The molecule has 0 fully saturated rings. The Morgan fingerprint density at radius 1 is 1.22 bits per heavy atom. The quantitative estimate of drug-likeness (QED) is 0.716. The first-order valence-corrected chi connectivity index (χ1v) is 8.13. The van der Waals surface area contributed by atoms with E-state index >= 15 is 0 Å². The number of carboxylic acids is 1. The molecule has 5 nitrogen and oxygen atoms in total. The Balaban J connectivity index is 2.76. The third kappa shape index (κ3) is 6.91. The minimum Gasteiger partial charge on any atom is -0.490 e. The topological polar surface area (TPSA) is 59.0 Å². The molecular formula is C18H29NO4. The number of carbonyl (C=O) groups is 1. The van der Waals surface area contributed by atoms with E-state index in [1.54, 1.807) is 6.92 Å². The van der Waals surface area contributed by atoms with Gasteiger partial charge >= 0.3 is 5.97 Å². The van der Waals surface area contributed by atoms with E-state index in [0.717, 1.165) is 17.1 Å². The summed E-state index contributed by atoms with van der Waals surface area (Å²) in [6.45, 7) is 10.3. The maximum Gasteiger partial charge on any atom is 0.307 e. The molecule has 1 aromatic carbocycles. The van der Waals surface area contributed by atoms with E-state index in [4.69, 9.17) is 14.6 Å². The molecule has 0 amide bonds. The largest absolute Gasteiger partial charge is 0.490 e. The summed E-state index contributed by atoms with van der Waals surface area (Å²) in [7, 11) is 1.92. The number of hydrogen-bond donors (Lipinski definition) is 1. The molecule has 0 bridgehead atoms. The fourth-order valence-electron chi connectivity index (χ4n) is 2.22. The Bertz CT molecular complexity index is 502. The van der Waals surface area contributed by atoms with Crippen molar-refractivity contribution in [1.82, 2.24) is 4.90 Å². The van der Waals surface area contributed by atoms with E-state index < -0.39 is 5.97 Å². The van der Waals surface area contributed by atoms with E-state index in [0.29, 0.717) is 32.2 Å². The molecule has 5 heteroatoms. The Kier molecular flexibility index (Phi) is 7.89. The van der Waals surface area contributed by atoms with Crippen molar-refractivity contribution in [2.75, 3.05) is 26.8 Å². The highest BCUT2D eigenvalue weighted by atomic mass is 16.5. The van der Waals surface area contributed by atoms with Crippen LogP contribution in [0.5, 0.6) is 11.5 Å². The van der Waals surface area contributed by atoms with Crippen LogP contribution in [0.1, 0.15) is 33.3 Å². The second-order valence-electron chi connectivity index (χ2n) is 6.35.